The normalized spacial score (nSPS) is 27.4. The summed E-state index contributed by atoms with van der Waals surface area (Å²) in [6.07, 6.45) is 1.50. The summed E-state index contributed by atoms with van der Waals surface area (Å²) in [7, 11) is 0. The molecule has 84 valence electrons. The van der Waals surface area contributed by atoms with Crippen molar-refractivity contribution in [2.24, 2.45) is 5.92 Å². The molecule has 3 heterocycles. The van der Waals surface area contributed by atoms with E-state index in [0.717, 1.165) is 0 Å². The molecule has 2 unspecified atom stereocenters. The molecule has 3 rings (SSSR count). The maximum absolute atomic E-state index is 11.8. The number of aromatic nitrogens is 2. The molecular weight excluding hydrogens is 232 g/mol. The van der Waals surface area contributed by atoms with Gasteiger partial charge in [-0.2, -0.15) is 4.98 Å². The molecule has 1 aromatic heterocycles. The lowest BCUT2D eigenvalue weighted by molar-refractivity contribution is -0.119. The summed E-state index contributed by atoms with van der Waals surface area (Å²) in [5.41, 5.74) is 0.559. The van der Waals surface area contributed by atoms with Gasteiger partial charge < -0.3 is 15.4 Å². The van der Waals surface area contributed by atoms with Crippen molar-refractivity contribution in [3.8, 4) is 0 Å². The van der Waals surface area contributed by atoms with Gasteiger partial charge in [0.15, 0.2) is 5.82 Å². The number of hydrogen-bond acceptors (Lipinski definition) is 5. The molecule has 0 bridgehead atoms. The first-order valence-electron chi connectivity index (χ1n) is 4.92. The SMILES string of the molecule is O=C1Nc2cnc(Cl)nc2NC2COCC12. The molecule has 0 spiro atoms. The Bertz CT molecular complexity index is 453. The largest absolute Gasteiger partial charge is 0.378 e. The summed E-state index contributed by atoms with van der Waals surface area (Å²) >= 11 is 5.70. The van der Waals surface area contributed by atoms with E-state index in [1.807, 2.05) is 0 Å². The van der Waals surface area contributed by atoms with Crippen molar-refractivity contribution in [2.75, 3.05) is 23.8 Å². The van der Waals surface area contributed by atoms with Crippen LogP contribution in [0.5, 0.6) is 0 Å². The number of amides is 1. The molecular formula is C9H9ClN4O2. The van der Waals surface area contributed by atoms with Crippen LogP contribution in [0.25, 0.3) is 0 Å². The molecule has 1 saturated heterocycles. The molecule has 16 heavy (non-hydrogen) atoms. The number of anilines is 2. The Morgan fingerprint density at radius 2 is 2.38 bits per heavy atom. The first-order valence-corrected chi connectivity index (χ1v) is 5.29. The second-order valence-corrected chi connectivity index (χ2v) is 4.12. The Labute approximate surface area is 96.4 Å². The highest BCUT2D eigenvalue weighted by Crippen LogP contribution is 2.29. The Morgan fingerprint density at radius 3 is 3.25 bits per heavy atom. The van der Waals surface area contributed by atoms with Crippen LogP contribution < -0.4 is 10.6 Å². The van der Waals surface area contributed by atoms with Crippen LogP contribution in [0, 0.1) is 5.92 Å². The van der Waals surface area contributed by atoms with Crippen LogP contribution in [0.1, 0.15) is 0 Å². The molecule has 2 aliphatic rings. The maximum Gasteiger partial charge on any atom is 0.232 e. The standard InChI is InChI=1S/C9H9ClN4O2/c10-9-11-1-5-7(14-9)12-6-3-16-2-4(6)8(15)13-5/h1,4,6H,2-3H2,(H,13,15)(H,11,12,14). The van der Waals surface area contributed by atoms with Crippen LogP contribution in [0.4, 0.5) is 11.5 Å². The Kier molecular flexibility index (Phi) is 2.19. The second kappa shape index (κ2) is 3.57. The van der Waals surface area contributed by atoms with Crippen LogP contribution in [0.15, 0.2) is 6.20 Å². The van der Waals surface area contributed by atoms with Gasteiger partial charge in [-0.3, -0.25) is 4.79 Å². The van der Waals surface area contributed by atoms with E-state index in [2.05, 4.69) is 20.6 Å². The van der Waals surface area contributed by atoms with Crippen LogP contribution in [0.2, 0.25) is 5.28 Å². The van der Waals surface area contributed by atoms with Crippen molar-refractivity contribution in [1.29, 1.82) is 0 Å². The minimum absolute atomic E-state index is 0.0489. The Hall–Kier alpha value is -1.40. The van der Waals surface area contributed by atoms with Gasteiger partial charge in [0.1, 0.15) is 5.69 Å². The molecule has 2 atom stereocenters. The second-order valence-electron chi connectivity index (χ2n) is 3.79. The molecule has 1 aromatic rings. The molecule has 7 heteroatoms. The molecule has 0 aliphatic carbocycles. The van der Waals surface area contributed by atoms with Crippen LogP contribution in [-0.4, -0.2) is 35.1 Å². The zero-order valence-electron chi connectivity index (χ0n) is 8.24. The Morgan fingerprint density at radius 1 is 1.50 bits per heavy atom. The number of hydrogen-bond donors (Lipinski definition) is 2. The molecule has 6 nitrogen and oxygen atoms in total. The predicted molar refractivity (Wildman–Crippen MR) is 57.4 cm³/mol. The lowest BCUT2D eigenvalue weighted by Gasteiger charge is -2.13. The Balaban J connectivity index is 2.01. The van der Waals surface area contributed by atoms with Gasteiger partial charge in [0.2, 0.25) is 11.2 Å². The van der Waals surface area contributed by atoms with Gasteiger partial charge in [-0.1, -0.05) is 0 Å². The van der Waals surface area contributed by atoms with E-state index < -0.39 is 0 Å². The van der Waals surface area contributed by atoms with Gasteiger partial charge in [-0.15, -0.1) is 0 Å². The first-order chi connectivity index (χ1) is 7.74. The van der Waals surface area contributed by atoms with E-state index >= 15 is 0 Å². The van der Waals surface area contributed by atoms with E-state index in [1.54, 1.807) is 0 Å². The number of rotatable bonds is 0. The summed E-state index contributed by atoms with van der Waals surface area (Å²) in [6.45, 7) is 0.928. The lowest BCUT2D eigenvalue weighted by atomic mass is 10.0. The maximum atomic E-state index is 11.8. The number of nitrogens with zero attached hydrogens (tertiary/aromatic N) is 2. The van der Waals surface area contributed by atoms with E-state index in [4.69, 9.17) is 16.3 Å². The molecule has 2 aliphatic heterocycles. The molecule has 1 amide bonds. The smallest absolute Gasteiger partial charge is 0.232 e. The van der Waals surface area contributed by atoms with E-state index in [9.17, 15) is 4.79 Å². The van der Waals surface area contributed by atoms with E-state index in [-0.39, 0.29) is 23.2 Å². The number of ether oxygens (including phenoxy) is 1. The molecule has 0 radical (unpaired) electrons. The predicted octanol–water partition coefficient (Wildman–Crippen LogP) is 0.509. The van der Waals surface area contributed by atoms with Gasteiger partial charge in [-0.25, -0.2) is 4.98 Å². The van der Waals surface area contributed by atoms with Gasteiger partial charge in [0.05, 0.1) is 31.4 Å². The minimum atomic E-state index is -0.187. The third kappa shape index (κ3) is 1.50. The van der Waals surface area contributed by atoms with Crippen LogP contribution >= 0.6 is 11.6 Å². The van der Waals surface area contributed by atoms with Crippen LogP contribution in [0.3, 0.4) is 0 Å². The number of carbonyl (C=O) groups excluding carboxylic acids is 1. The number of fused-ring (bicyclic) bond motifs is 2. The highest BCUT2D eigenvalue weighted by molar-refractivity contribution is 6.28. The van der Waals surface area contributed by atoms with Crippen molar-refractivity contribution in [3.05, 3.63) is 11.5 Å². The average Bonchev–Trinajstić information content (AvgIpc) is 2.65. The number of halogens is 1. The monoisotopic (exact) mass is 240 g/mol. The van der Waals surface area contributed by atoms with E-state index in [0.29, 0.717) is 24.7 Å². The summed E-state index contributed by atoms with van der Waals surface area (Å²) in [6, 6.07) is -0.0489. The summed E-state index contributed by atoms with van der Waals surface area (Å²) < 4.78 is 5.26. The zero-order chi connectivity index (χ0) is 11.1. The summed E-state index contributed by atoms with van der Waals surface area (Å²) in [5, 5.41) is 6.06. The number of carbonyl (C=O) groups is 1. The highest BCUT2D eigenvalue weighted by atomic mass is 35.5. The van der Waals surface area contributed by atoms with Crippen molar-refractivity contribution < 1.29 is 9.53 Å². The number of nitrogens with one attached hydrogen (secondary N) is 2. The van der Waals surface area contributed by atoms with Crippen LogP contribution in [-0.2, 0) is 9.53 Å². The average molecular weight is 241 g/mol. The van der Waals surface area contributed by atoms with Gasteiger partial charge in [0, 0.05) is 0 Å². The topological polar surface area (TPSA) is 76.1 Å². The van der Waals surface area contributed by atoms with Crippen molar-refractivity contribution in [1.82, 2.24) is 9.97 Å². The highest BCUT2D eigenvalue weighted by Gasteiger charge is 2.37. The van der Waals surface area contributed by atoms with Crippen molar-refractivity contribution in [2.45, 2.75) is 6.04 Å². The molecule has 0 saturated carbocycles. The molecule has 0 aromatic carbocycles. The molecule has 1 fully saturated rings. The summed E-state index contributed by atoms with van der Waals surface area (Å²) in [5.74, 6) is 0.291. The fourth-order valence-electron chi connectivity index (χ4n) is 1.92. The fourth-order valence-corrected chi connectivity index (χ4v) is 2.05. The minimum Gasteiger partial charge on any atom is -0.378 e. The third-order valence-electron chi connectivity index (χ3n) is 2.76. The fraction of sp³-hybridized carbons (Fsp3) is 0.444. The van der Waals surface area contributed by atoms with Gasteiger partial charge in [0.25, 0.3) is 0 Å². The van der Waals surface area contributed by atoms with Gasteiger partial charge in [-0.05, 0) is 11.6 Å². The summed E-state index contributed by atoms with van der Waals surface area (Å²) in [4.78, 5) is 19.7. The lowest BCUT2D eigenvalue weighted by Crippen LogP contribution is -2.33. The van der Waals surface area contributed by atoms with Crippen molar-refractivity contribution in [3.63, 3.8) is 0 Å². The first kappa shape index (κ1) is 9.80. The zero-order valence-corrected chi connectivity index (χ0v) is 8.99. The van der Waals surface area contributed by atoms with Crippen molar-refractivity contribution >= 4 is 29.0 Å². The third-order valence-corrected chi connectivity index (χ3v) is 2.94. The van der Waals surface area contributed by atoms with E-state index in [1.165, 1.54) is 6.20 Å². The van der Waals surface area contributed by atoms with Gasteiger partial charge >= 0.3 is 0 Å². The molecule has 2 N–H and O–H groups in total. The quantitative estimate of drug-likeness (QED) is 0.646.